The first kappa shape index (κ1) is 26.9. The fraction of sp³-hybridized carbons (Fsp3) is 0.429. The molecule has 1 atom stereocenters. The maximum absolute atomic E-state index is 13.6. The average molecular weight is 557 g/mol. The van der Waals surface area contributed by atoms with Gasteiger partial charge in [-0.25, -0.2) is 8.42 Å². The highest BCUT2D eigenvalue weighted by Gasteiger charge is 2.39. The number of anilines is 1. The van der Waals surface area contributed by atoms with E-state index in [4.69, 9.17) is 16.3 Å². The molecule has 2 aromatic carbocycles. The number of aromatic nitrogens is 1. The number of piperidine rings is 1. The number of carbonyl (C=O) groups is 1. The second-order valence-electron chi connectivity index (χ2n) is 9.91. The molecule has 0 amide bonds. The highest BCUT2D eigenvalue weighted by molar-refractivity contribution is 7.89. The fourth-order valence-electron chi connectivity index (χ4n) is 5.46. The van der Waals surface area contributed by atoms with Crippen LogP contribution in [0.15, 0.2) is 65.8 Å². The summed E-state index contributed by atoms with van der Waals surface area (Å²) in [5.41, 5.74) is 1.18. The molecule has 202 valence electrons. The lowest BCUT2D eigenvalue weighted by Crippen LogP contribution is -2.59. The van der Waals surface area contributed by atoms with Crippen LogP contribution in [0.3, 0.4) is 0 Å². The lowest BCUT2D eigenvalue weighted by molar-refractivity contribution is -0.151. The van der Waals surface area contributed by atoms with Crippen molar-refractivity contribution >= 4 is 44.1 Å². The molecule has 10 heteroatoms. The van der Waals surface area contributed by atoms with Crippen LogP contribution in [-0.2, 0) is 19.6 Å². The molecule has 0 bridgehead atoms. The largest absolute Gasteiger partial charge is 0.465 e. The molecule has 0 aliphatic carbocycles. The lowest BCUT2D eigenvalue weighted by atomic mass is 9.95. The second-order valence-corrected chi connectivity index (χ2v) is 12.3. The van der Waals surface area contributed by atoms with E-state index in [2.05, 4.69) is 14.8 Å². The fourth-order valence-corrected chi connectivity index (χ4v) is 7.11. The summed E-state index contributed by atoms with van der Waals surface area (Å²) in [4.78, 5) is 21.8. The van der Waals surface area contributed by atoms with Crippen molar-refractivity contribution in [3.05, 3.63) is 65.9 Å². The molecule has 2 fully saturated rings. The van der Waals surface area contributed by atoms with Crippen LogP contribution >= 0.6 is 11.6 Å². The number of ether oxygens (including phenoxy) is 1. The third kappa shape index (κ3) is 5.81. The molecule has 2 saturated heterocycles. The highest BCUT2D eigenvalue weighted by atomic mass is 35.5. The second kappa shape index (κ2) is 11.6. The van der Waals surface area contributed by atoms with E-state index in [-0.39, 0.29) is 24.0 Å². The Balaban J connectivity index is 1.28. The number of carbonyl (C=O) groups excluding carboxylic acids is 1. The molecule has 0 saturated carbocycles. The van der Waals surface area contributed by atoms with Crippen LogP contribution in [0.2, 0.25) is 5.02 Å². The Morgan fingerprint density at radius 2 is 1.71 bits per heavy atom. The smallest absolute Gasteiger partial charge is 0.324 e. The van der Waals surface area contributed by atoms with Crippen molar-refractivity contribution in [3.63, 3.8) is 0 Å². The number of hydrogen-bond acceptors (Lipinski definition) is 7. The molecule has 0 N–H and O–H groups in total. The molecule has 38 heavy (non-hydrogen) atoms. The van der Waals surface area contributed by atoms with Gasteiger partial charge in [-0.05, 0) is 72.9 Å². The molecule has 8 nitrogen and oxygen atoms in total. The SMILES string of the molecule is CCOC(=O)C1CN(S(=O)(=O)c2ccc3cc(Cl)ccc3c2)CCN1CC1CCN(c2ccncc2)CC1. The summed E-state index contributed by atoms with van der Waals surface area (Å²) < 4.78 is 34.0. The van der Waals surface area contributed by atoms with E-state index in [0.29, 0.717) is 24.0 Å². The number of rotatable bonds is 7. The number of halogens is 1. The van der Waals surface area contributed by atoms with Crippen LogP contribution in [0.5, 0.6) is 0 Å². The van der Waals surface area contributed by atoms with Gasteiger partial charge in [0.25, 0.3) is 0 Å². The van der Waals surface area contributed by atoms with Crippen LogP contribution in [0.4, 0.5) is 5.69 Å². The lowest BCUT2D eigenvalue weighted by Gasteiger charge is -2.42. The minimum Gasteiger partial charge on any atom is -0.465 e. The monoisotopic (exact) mass is 556 g/mol. The van der Waals surface area contributed by atoms with Crippen LogP contribution in [0.1, 0.15) is 19.8 Å². The zero-order valence-electron chi connectivity index (χ0n) is 21.5. The van der Waals surface area contributed by atoms with E-state index >= 15 is 0 Å². The Labute approximate surface area is 229 Å². The number of esters is 1. The van der Waals surface area contributed by atoms with Crippen molar-refractivity contribution in [1.29, 1.82) is 0 Å². The summed E-state index contributed by atoms with van der Waals surface area (Å²) in [5, 5.41) is 2.28. The number of hydrogen-bond donors (Lipinski definition) is 0. The van der Waals surface area contributed by atoms with Crippen molar-refractivity contribution in [3.8, 4) is 0 Å². The summed E-state index contributed by atoms with van der Waals surface area (Å²) in [6, 6.07) is 13.8. The zero-order chi connectivity index (χ0) is 26.7. The van der Waals surface area contributed by atoms with E-state index in [1.807, 2.05) is 36.7 Å². The first-order chi connectivity index (χ1) is 18.3. The van der Waals surface area contributed by atoms with Gasteiger partial charge in [0.1, 0.15) is 6.04 Å². The number of sulfonamides is 1. The molecule has 1 aromatic heterocycles. The van der Waals surface area contributed by atoms with E-state index in [1.54, 1.807) is 31.2 Å². The maximum Gasteiger partial charge on any atom is 0.324 e. The van der Waals surface area contributed by atoms with Gasteiger partial charge in [-0.2, -0.15) is 4.31 Å². The molecule has 5 rings (SSSR count). The summed E-state index contributed by atoms with van der Waals surface area (Å²) in [5.74, 6) is 0.0651. The number of fused-ring (bicyclic) bond motifs is 1. The third-order valence-electron chi connectivity index (χ3n) is 7.56. The molecule has 1 unspecified atom stereocenters. The van der Waals surface area contributed by atoms with Gasteiger partial charge in [-0.15, -0.1) is 0 Å². The van der Waals surface area contributed by atoms with Crippen molar-refractivity contribution in [1.82, 2.24) is 14.2 Å². The van der Waals surface area contributed by atoms with Crippen molar-refractivity contribution in [2.75, 3.05) is 50.8 Å². The first-order valence-electron chi connectivity index (χ1n) is 13.1. The van der Waals surface area contributed by atoms with Crippen LogP contribution < -0.4 is 4.90 Å². The molecular formula is C28H33ClN4O4S. The van der Waals surface area contributed by atoms with Gasteiger partial charge < -0.3 is 9.64 Å². The summed E-state index contributed by atoms with van der Waals surface area (Å²) in [6.45, 7) is 5.56. The molecule has 2 aliphatic rings. The van der Waals surface area contributed by atoms with Gasteiger partial charge >= 0.3 is 5.97 Å². The Morgan fingerprint density at radius 3 is 2.45 bits per heavy atom. The van der Waals surface area contributed by atoms with E-state index in [9.17, 15) is 13.2 Å². The Morgan fingerprint density at radius 1 is 1.00 bits per heavy atom. The molecule has 2 aliphatic heterocycles. The molecular weight excluding hydrogens is 524 g/mol. The number of benzene rings is 2. The standard InChI is InChI=1S/C28H33ClN4O4S/c1-2-37-28(34)27-20-33(38(35,36)26-6-4-22-17-24(29)5-3-23(22)18-26)16-15-32(27)19-21-9-13-31(14-10-21)25-7-11-30-12-8-25/h3-8,11-12,17-18,21,27H,2,9-10,13-16,19-20H2,1H3. The van der Waals surface area contributed by atoms with Crippen LogP contribution in [0, 0.1) is 5.92 Å². The Hall–Kier alpha value is -2.72. The minimum absolute atomic E-state index is 0.0790. The van der Waals surface area contributed by atoms with Gasteiger partial charge in [0.05, 0.1) is 11.5 Å². The van der Waals surface area contributed by atoms with Gasteiger partial charge in [0.15, 0.2) is 0 Å². The van der Waals surface area contributed by atoms with Gasteiger partial charge in [0, 0.05) is 62.4 Å². The van der Waals surface area contributed by atoms with E-state index < -0.39 is 16.1 Å². The van der Waals surface area contributed by atoms with E-state index in [0.717, 1.165) is 43.2 Å². The quantitative estimate of drug-likeness (QED) is 0.406. The van der Waals surface area contributed by atoms with Gasteiger partial charge in [0.2, 0.25) is 10.0 Å². The number of nitrogens with zero attached hydrogens (tertiary/aromatic N) is 4. The molecule has 0 spiro atoms. The number of pyridine rings is 1. The van der Waals surface area contributed by atoms with E-state index in [1.165, 1.54) is 9.99 Å². The van der Waals surface area contributed by atoms with Crippen molar-refractivity contribution < 1.29 is 17.9 Å². The summed E-state index contributed by atoms with van der Waals surface area (Å²) in [7, 11) is -3.79. The minimum atomic E-state index is -3.79. The first-order valence-corrected chi connectivity index (χ1v) is 14.9. The third-order valence-corrected chi connectivity index (χ3v) is 9.66. The van der Waals surface area contributed by atoms with Gasteiger partial charge in [-0.1, -0.05) is 23.7 Å². The Bertz CT molecular complexity index is 1380. The van der Waals surface area contributed by atoms with Crippen LogP contribution in [0.25, 0.3) is 10.8 Å². The topological polar surface area (TPSA) is 83.0 Å². The van der Waals surface area contributed by atoms with Crippen molar-refractivity contribution in [2.24, 2.45) is 5.92 Å². The molecule has 0 radical (unpaired) electrons. The normalized spacial score (nSPS) is 20.1. The average Bonchev–Trinajstić information content (AvgIpc) is 2.94. The number of piperazine rings is 1. The van der Waals surface area contributed by atoms with Gasteiger partial charge in [-0.3, -0.25) is 14.7 Å². The predicted octanol–water partition coefficient (Wildman–Crippen LogP) is 4.04. The molecule has 3 heterocycles. The predicted molar refractivity (Wildman–Crippen MR) is 149 cm³/mol. The summed E-state index contributed by atoms with van der Waals surface area (Å²) >= 11 is 6.08. The van der Waals surface area contributed by atoms with Crippen molar-refractivity contribution in [2.45, 2.75) is 30.7 Å². The maximum atomic E-state index is 13.6. The summed E-state index contributed by atoms with van der Waals surface area (Å²) in [6.07, 6.45) is 5.65. The highest BCUT2D eigenvalue weighted by Crippen LogP contribution is 2.28. The van der Waals surface area contributed by atoms with Crippen LogP contribution in [-0.4, -0.2) is 80.5 Å². The zero-order valence-corrected chi connectivity index (χ0v) is 23.1. The molecule has 3 aromatic rings. The Kier molecular flexibility index (Phi) is 8.18.